The van der Waals surface area contributed by atoms with Crippen LogP contribution in [0.5, 0.6) is 11.5 Å². The van der Waals surface area contributed by atoms with Crippen LogP contribution >= 0.6 is 0 Å². The lowest BCUT2D eigenvalue weighted by Gasteiger charge is -2.32. The van der Waals surface area contributed by atoms with E-state index in [4.69, 9.17) is 9.47 Å². The molecule has 6 nitrogen and oxygen atoms in total. The fraction of sp³-hybridized carbons (Fsp3) is 0.407. The molecule has 1 saturated heterocycles. The second-order valence-electron chi connectivity index (χ2n) is 9.42. The van der Waals surface area contributed by atoms with Gasteiger partial charge in [0.2, 0.25) is 0 Å². The van der Waals surface area contributed by atoms with Gasteiger partial charge in [0.15, 0.2) is 5.78 Å². The Bertz CT molecular complexity index is 1150. The zero-order chi connectivity index (χ0) is 23.2. The molecule has 172 valence electrons. The smallest absolute Gasteiger partial charge is 0.310 e. The molecule has 6 heteroatoms. The lowest BCUT2D eigenvalue weighted by atomic mass is 9.85. The summed E-state index contributed by atoms with van der Waals surface area (Å²) in [5, 5.41) is 9.57. The van der Waals surface area contributed by atoms with Gasteiger partial charge in [0.1, 0.15) is 18.1 Å². The van der Waals surface area contributed by atoms with Gasteiger partial charge >= 0.3 is 5.97 Å². The van der Waals surface area contributed by atoms with Crippen LogP contribution in [0.15, 0.2) is 42.0 Å². The van der Waals surface area contributed by atoms with Gasteiger partial charge in [0, 0.05) is 36.3 Å². The van der Waals surface area contributed by atoms with Crippen LogP contribution in [0, 0.1) is 5.41 Å². The molecular formula is C27H29NO5. The summed E-state index contributed by atoms with van der Waals surface area (Å²) in [6.45, 7) is 4.32. The van der Waals surface area contributed by atoms with Crippen molar-refractivity contribution in [1.82, 2.24) is 4.90 Å². The highest BCUT2D eigenvalue weighted by Gasteiger charge is 2.51. The number of ketones is 1. The predicted octanol–water partition coefficient (Wildman–Crippen LogP) is 4.55. The van der Waals surface area contributed by atoms with E-state index in [1.807, 2.05) is 30.3 Å². The molecule has 0 unspecified atom stereocenters. The van der Waals surface area contributed by atoms with Gasteiger partial charge in [-0.05, 0) is 74.1 Å². The number of rotatable bonds is 5. The average Bonchev–Trinajstić information content (AvgIpc) is 3.62. The van der Waals surface area contributed by atoms with Crippen LogP contribution in [-0.4, -0.2) is 48.5 Å². The van der Waals surface area contributed by atoms with E-state index in [1.54, 1.807) is 14.0 Å². The van der Waals surface area contributed by atoms with Gasteiger partial charge in [-0.3, -0.25) is 9.59 Å². The first kappa shape index (κ1) is 21.7. The minimum absolute atomic E-state index is 0.0274. The van der Waals surface area contributed by atoms with Gasteiger partial charge in [-0.1, -0.05) is 11.6 Å². The van der Waals surface area contributed by atoms with E-state index in [0.29, 0.717) is 18.7 Å². The van der Waals surface area contributed by atoms with Crippen molar-refractivity contribution in [2.24, 2.45) is 5.41 Å². The topological polar surface area (TPSA) is 76.1 Å². The summed E-state index contributed by atoms with van der Waals surface area (Å²) in [4.78, 5) is 26.1. The number of carbonyl (C=O) groups is 2. The van der Waals surface area contributed by atoms with Crippen LogP contribution < -0.4 is 9.47 Å². The molecule has 0 radical (unpaired) electrons. The number of methoxy groups -OCH3 is 1. The van der Waals surface area contributed by atoms with E-state index in [-0.39, 0.29) is 5.78 Å². The van der Waals surface area contributed by atoms with Crippen LogP contribution in [0.4, 0.5) is 0 Å². The van der Waals surface area contributed by atoms with Crippen molar-refractivity contribution in [2.75, 3.05) is 26.7 Å². The van der Waals surface area contributed by atoms with Crippen LogP contribution in [0.3, 0.4) is 0 Å². The number of benzene rings is 2. The Morgan fingerprint density at radius 1 is 1.09 bits per heavy atom. The Morgan fingerprint density at radius 3 is 2.48 bits per heavy atom. The summed E-state index contributed by atoms with van der Waals surface area (Å²) in [6, 6.07) is 11.8. The zero-order valence-electron chi connectivity index (χ0n) is 19.1. The van der Waals surface area contributed by atoms with Crippen LogP contribution in [-0.2, 0) is 11.4 Å². The summed E-state index contributed by atoms with van der Waals surface area (Å²) in [5.41, 5.74) is 5.73. The molecule has 2 aliphatic heterocycles. The third-order valence-corrected chi connectivity index (χ3v) is 7.27. The van der Waals surface area contributed by atoms with Gasteiger partial charge in [0.05, 0.1) is 12.5 Å². The van der Waals surface area contributed by atoms with E-state index >= 15 is 0 Å². The van der Waals surface area contributed by atoms with Crippen molar-refractivity contribution in [2.45, 2.75) is 39.2 Å². The lowest BCUT2D eigenvalue weighted by Crippen LogP contribution is -2.38. The second kappa shape index (κ2) is 8.34. The standard InChI is InChI=1S/C27H29NO5/c1-17(29)19-3-6-24-23(14-19)25(22-5-4-21(32-2)13-20(22)15-33-24)18-7-11-28(12-8-18)16-27(9-10-27)26(30)31/h3-6,13-14H,7-12,15-16H2,1-2H3,(H,30,31). The molecule has 33 heavy (non-hydrogen) atoms. The van der Waals surface area contributed by atoms with E-state index < -0.39 is 11.4 Å². The van der Waals surface area contributed by atoms with E-state index in [1.165, 1.54) is 5.57 Å². The molecule has 2 aromatic carbocycles. The maximum absolute atomic E-state index is 12.1. The average molecular weight is 448 g/mol. The third kappa shape index (κ3) is 4.04. The fourth-order valence-corrected chi connectivity index (χ4v) is 5.06. The highest BCUT2D eigenvalue weighted by molar-refractivity contribution is 5.97. The first-order valence-corrected chi connectivity index (χ1v) is 11.5. The van der Waals surface area contributed by atoms with Crippen LogP contribution in [0.25, 0.3) is 5.57 Å². The van der Waals surface area contributed by atoms with Gasteiger partial charge in [-0.15, -0.1) is 0 Å². The molecule has 0 amide bonds. The van der Waals surface area contributed by atoms with Crippen LogP contribution in [0.2, 0.25) is 0 Å². The monoisotopic (exact) mass is 447 g/mol. The Hall–Kier alpha value is -3.12. The number of carbonyl (C=O) groups excluding carboxylic acids is 1. The number of nitrogens with zero attached hydrogens (tertiary/aromatic N) is 1. The number of hydrogen-bond acceptors (Lipinski definition) is 5. The molecule has 1 saturated carbocycles. The van der Waals surface area contributed by atoms with Crippen molar-refractivity contribution in [1.29, 1.82) is 0 Å². The highest BCUT2D eigenvalue weighted by atomic mass is 16.5. The molecule has 3 aliphatic rings. The zero-order valence-corrected chi connectivity index (χ0v) is 19.1. The van der Waals surface area contributed by atoms with Crippen molar-refractivity contribution in [3.05, 3.63) is 64.2 Å². The summed E-state index contributed by atoms with van der Waals surface area (Å²) < 4.78 is 11.6. The molecule has 5 rings (SSSR count). The van der Waals surface area contributed by atoms with Crippen LogP contribution in [0.1, 0.15) is 59.7 Å². The molecule has 2 fully saturated rings. The molecule has 0 bridgehead atoms. The number of hydrogen-bond donors (Lipinski definition) is 1. The molecular weight excluding hydrogens is 418 g/mol. The minimum Gasteiger partial charge on any atom is -0.497 e. The predicted molar refractivity (Wildman–Crippen MR) is 125 cm³/mol. The first-order valence-electron chi connectivity index (χ1n) is 11.5. The summed E-state index contributed by atoms with van der Waals surface area (Å²) in [5.74, 6) is 0.930. The fourth-order valence-electron chi connectivity index (χ4n) is 5.06. The normalized spacial score (nSPS) is 19.1. The molecule has 1 N–H and O–H groups in total. The lowest BCUT2D eigenvalue weighted by molar-refractivity contribution is -0.144. The first-order chi connectivity index (χ1) is 15.9. The van der Waals surface area contributed by atoms with Crippen molar-refractivity contribution < 1.29 is 24.2 Å². The Balaban J connectivity index is 1.54. The van der Waals surface area contributed by atoms with Gasteiger partial charge in [-0.25, -0.2) is 0 Å². The van der Waals surface area contributed by atoms with E-state index in [0.717, 1.165) is 72.5 Å². The van der Waals surface area contributed by atoms with Gasteiger partial charge < -0.3 is 19.5 Å². The maximum atomic E-state index is 12.1. The number of likely N-dealkylation sites (tertiary alicyclic amines) is 1. The Morgan fingerprint density at radius 2 is 1.85 bits per heavy atom. The van der Waals surface area contributed by atoms with E-state index in [2.05, 4.69) is 11.0 Å². The molecule has 0 aromatic heterocycles. The number of ether oxygens (including phenoxy) is 2. The van der Waals surface area contributed by atoms with Crippen molar-refractivity contribution >= 4 is 17.3 Å². The van der Waals surface area contributed by atoms with Crippen molar-refractivity contribution in [3.8, 4) is 11.5 Å². The number of carboxylic acids is 1. The van der Waals surface area contributed by atoms with Gasteiger partial charge in [-0.2, -0.15) is 0 Å². The number of fused-ring (bicyclic) bond motifs is 2. The molecule has 0 spiro atoms. The largest absolute Gasteiger partial charge is 0.497 e. The molecule has 2 aromatic rings. The highest BCUT2D eigenvalue weighted by Crippen LogP contribution is 2.47. The Kier molecular flexibility index (Phi) is 5.49. The number of piperidine rings is 1. The summed E-state index contributed by atoms with van der Waals surface area (Å²) in [6.07, 6.45) is 3.28. The van der Waals surface area contributed by atoms with Gasteiger partial charge in [0.25, 0.3) is 0 Å². The molecule has 1 aliphatic carbocycles. The number of aliphatic carboxylic acids is 1. The minimum atomic E-state index is -0.666. The number of Topliss-reactive ketones (excluding diaryl/α,β-unsaturated/α-hetero) is 1. The number of carboxylic acid groups (broad SMARTS) is 1. The molecule has 2 heterocycles. The molecule has 0 atom stereocenters. The van der Waals surface area contributed by atoms with E-state index in [9.17, 15) is 14.7 Å². The maximum Gasteiger partial charge on any atom is 0.310 e. The third-order valence-electron chi connectivity index (χ3n) is 7.27. The quantitative estimate of drug-likeness (QED) is 0.678. The second-order valence-corrected chi connectivity index (χ2v) is 9.42. The SMILES string of the molecule is COc1ccc2c(c1)COc1ccc(C(C)=O)cc1C2=C1CCN(CC2(C(=O)O)CC2)CC1. The van der Waals surface area contributed by atoms with Crippen molar-refractivity contribution in [3.63, 3.8) is 0 Å². The summed E-state index contributed by atoms with van der Waals surface area (Å²) in [7, 11) is 1.66. The summed E-state index contributed by atoms with van der Waals surface area (Å²) >= 11 is 0. The Labute approximate surface area is 193 Å².